The van der Waals surface area contributed by atoms with E-state index in [0.717, 1.165) is 45.4 Å². The van der Waals surface area contributed by atoms with Crippen molar-refractivity contribution < 1.29 is 9.53 Å². The van der Waals surface area contributed by atoms with Gasteiger partial charge in [-0.3, -0.25) is 9.48 Å². The first kappa shape index (κ1) is 19.2. The molecule has 2 N–H and O–H groups in total. The highest BCUT2D eigenvalue weighted by Gasteiger charge is 2.27. The molecule has 1 aromatic heterocycles. The van der Waals surface area contributed by atoms with Crippen LogP contribution in [0.25, 0.3) is 0 Å². The molecule has 6 nitrogen and oxygen atoms in total. The lowest BCUT2D eigenvalue weighted by Crippen LogP contribution is -2.43. The van der Waals surface area contributed by atoms with Crippen LogP contribution in [0.5, 0.6) is 0 Å². The van der Waals surface area contributed by atoms with Gasteiger partial charge in [0, 0.05) is 25.4 Å². The van der Waals surface area contributed by atoms with Gasteiger partial charge in [0.2, 0.25) is 0 Å². The first-order chi connectivity index (χ1) is 11.1. The fourth-order valence-electron chi connectivity index (χ4n) is 3.40. The Hall–Kier alpha value is -1.11. The number of halogens is 1. The number of aromatic nitrogens is 2. The van der Waals surface area contributed by atoms with Gasteiger partial charge in [0.15, 0.2) is 0 Å². The summed E-state index contributed by atoms with van der Waals surface area (Å²) in [7, 11) is 0. The fourth-order valence-corrected chi connectivity index (χ4v) is 3.40. The molecule has 7 heteroatoms. The normalized spacial score (nSPS) is 27.5. The number of nitrogens with zero attached hydrogens (tertiary/aromatic N) is 2. The van der Waals surface area contributed by atoms with Crippen molar-refractivity contribution >= 4 is 18.3 Å². The second kappa shape index (κ2) is 8.83. The quantitative estimate of drug-likeness (QED) is 0.867. The van der Waals surface area contributed by atoms with Gasteiger partial charge in [-0.1, -0.05) is 13.8 Å². The maximum absolute atomic E-state index is 12.4. The van der Waals surface area contributed by atoms with E-state index in [0.29, 0.717) is 17.7 Å². The zero-order valence-electron chi connectivity index (χ0n) is 14.5. The fraction of sp³-hybridized carbons (Fsp3) is 0.765. The van der Waals surface area contributed by atoms with Crippen LogP contribution in [-0.2, 0) is 4.74 Å². The van der Waals surface area contributed by atoms with Crippen molar-refractivity contribution in [3.63, 3.8) is 0 Å². The second-order valence-corrected chi connectivity index (χ2v) is 7.03. The molecule has 3 atom stereocenters. The highest BCUT2D eigenvalue weighted by Crippen LogP contribution is 2.21. The standard InChI is InChI=1S/C17H28N4O2.ClH/c1-12(2)16-10-13(6-9-23-16)19-17(22)15-5-8-21(20-15)14-4-3-7-18-11-14;/h5,8,12-14,16,18H,3-4,6-7,9-11H2,1-2H3,(H,19,22);1H. The van der Waals surface area contributed by atoms with Gasteiger partial charge in [-0.15, -0.1) is 12.4 Å². The highest BCUT2D eigenvalue weighted by molar-refractivity contribution is 5.92. The first-order valence-corrected chi connectivity index (χ1v) is 8.82. The molecular formula is C17H29ClN4O2. The van der Waals surface area contributed by atoms with Gasteiger partial charge in [0.1, 0.15) is 5.69 Å². The largest absolute Gasteiger partial charge is 0.378 e. The van der Waals surface area contributed by atoms with E-state index in [1.807, 2.05) is 16.9 Å². The molecule has 2 fully saturated rings. The van der Waals surface area contributed by atoms with Crippen molar-refractivity contribution in [1.82, 2.24) is 20.4 Å². The average Bonchev–Trinajstić information content (AvgIpc) is 3.06. The van der Waals surface area contributed by atoms with Gasteiger partial charge < -0.3 is 15.4 Å². The molecule has 2 aliphatic heterocycles. The molecule has 2 aliphatic rings. The number of carbonyl (C=O) groups excluding carboxylic acids is 1. The van der Waals surface area contributed by atoms with Gasteiger partial charge in [-0.2, -0.15) is 5.10 Å². The minimum absolute atomic E-state index is 0. The van der Waals surface area contributed by atoms with Crippen molar-refractivity contribution in [3.8, 4) is 0 Å². The molecular weight excluding hydrogens is 328 g/mol. The number of hydrogen-bond acceptors (Lipinski definition) is 4. The average molecular weight is 357 g/mol. The number of carbonyl (C=O) groups is 1. The number of ether oxygens (including phenoxy) is 1. The van der Waals surface area contributed by atoms with Crippen molar-refractivity contribution in [2.75, 3.05) is 19.7 Å². The van der Waals surface area contributed by atoms with E-state index in [-0.39, 0.29) is 30.5 Å². The molecule has 24 heavy (non-hydrogen) atoms. The third kappa shape index (κ3) is 4.71. The minimum atomic E-state index is -0.0677. The van der Waals surface area contributed by atoms with Crippen LogP contribution in [0.3, 0.4) is 0 Å². The molecule has 3 heterocycles. The number of hydrogen-bond donors (Lipinski definition) is 2. The Kier molecular flexibility index (Phi) is 7.07. The summed E-state index contributed by atoms with van der Waals surface area (Å²) in [4.78, 5) is 12.4. The molecule has 0 saturated carbocycles. The minimum Gasteiger partial charge on any atom is -0.378 e. The molecule has 0 spiro atoms. The Bertz CT molecular complexity index is 528. The van der Waals surface area contributed by atoms with E-state index in [9.17, 15) is 4.79 Å². The van der Waals surface area contributed by atoms with Crippen LogP contribution in [0, 0.1) is 5.92 Å². The summed E-state index contributed by atoms with van der Waals surface area (Å²) in [6.45, 7) is 7.05. The molecule has 0 aromatic carbocycles. The van der Waals surface area contributed by atoms with Gasteiger partial charge >= 0.3 is 0 Å². The first-order valence-electron chi connectivity index (χ1n) is 8.82. The van der Waals surface area contributed by atoms with E-state index in [1.165, 1.54) is 0 Å². The summed E-state index contributed by atoms with van der Waals surface area (Å²) in [5.74, 6) is 0.412. The lowest BCUT2D eigenvalue weighted by Gasteiger charge is -2.32. The van der Waals surface area contributed by atoms with E-state index in [2.05, 4.69) is 29.6 Å². The molecule has 1 aromatic rings. The molecule has 3 unspecified atom stereocenters. The smallest absolute Gasteiger partial charge is 0.271 e. The molecule has 0 radical (unpaired) electrons. The maximum atomic E-state index is 12.4. The summed E-state index contributed by atoms with van der Waals surface area (Å²) < 4.78 is 7.69. The van der Waals surface area contributed by atoms with Crippen molar-refractivity contribution in [1.29, 1.82) is 0 Å². The second-order valence-electron chi connectivity index (χ2n) is 7.03. The molecule has 0 bridgehead atoms. The molecule has 3 rings (SSSR count). The number of amides is 1. The Labute approximate surface area is 150 Å². The predicted octanol–water partition coefficient (Wildman–Crippen LogP) is 2.16. The zero-order valence-corrected chi connectivity index (χ0v) is 15.3. The van der Waals surface area contributed by atoms with E-state index < -0.39 is 0 Å². The summed E-state index contributed by atoms with van der Waals surface area (Å²) in [6, 6.07) is 2.37. The van der Waals surface area contributed by atoms with Gasteiger partial charge in [0.05, 0.1) is 12.1 Å². The summed E-state index contributed by atoms with van der Waals surface area (Å²) in [5.41, 5.74) is 0.517. The Balaban J connectivity index is 0.00000208. The third-order valence-corrected chi connectivity index (χ3v) is 4.88. The summed E-state index contributed by atoms with van der Waals surface area (Å²) >= 11 is 0. The molecule has 136 valence electrons. The zero-order chi connectivity index (χ0) is 16.2. The molecule has 1 amide bonds. The Morgan fingerprint density at radius 2 is 2.29 bits per heavy atom. The Morgan fingerprint density at radius 1 is 1.46 bits per heavy atom. The lowest BCUT2D eigenvalue weighted by atomic mass is 9.95. The van der Waals surface area contributed by atoms with E-state index in [4.69, 9.17) is 4.74 Å². The van der Waals surface area contributed by atoms with Crippen LogP contribution in [0.1, 0.15) is 56.1 Å². The van der Waals surface area contributed by atoms with Gasteiger partial charge in [-0.05, 0) is 44.2 Å². The van der Waals surface area contributed by atoms with Crippen molar-refractivity contribution in [2.24, 2.45) is 5.92 Å². The van der Waals surface area contributed by atoms with Crippen LogP contribution in [0.4, 0.5) is 0 Å². The van der Waals surface area contributed by atoms with Crippen LogP contribution in [0.15, 0.2) is 12.3 Å². The van der Waals surface area contributed by atoms with Gasteiger partial charge in [-0.25, -0.2) is 0 Å². The van der Waals surface area contributed by atoms with E-state index in [1.54, 1.807) is 0 Å². The topological polar surface area (TPSA) is 68.2 Å². The predicted molar refractivity (Wildman–Crippen MR) is 95.7 cm³/mol. The molecule has 0 aliphatic carbocycles. The SMILES string of the molecule is CC(C)C1CC(NC(=O)c2ccn(C3CCCNC3)n2)CCO1.Cl. The summed E-state index contributed by atoms with van der Waals surface area (Å²) in [6.07, 6.45) is 6.20. The summed E-state index contributed by atoms with van der Waals surface area (Å²) in [5, 5.41) is 11.0. The van der Waals surface area contributed by atoms with Crippen molar-refractivity contribution in [2.45, 2.75) is 57.7 Å². The molecule has 2 saturated heterocycles. The maximum Gasteiger partial charge on any atom is 0.271 e. The third-order valence-electron chi connectivity index (χ3n) is 4.88. The highest BCUT2D eigenvalue weighted by atomic mass is 35.5. The lowest BCUT2D eigenvalue weighted by molar-refractivity contribution is -0.0233. The van der Waals surface area contributed by atoms with Crippen LogP contribution >= 0.6 is 12.4 Å². The number of rotatable bonds is 4. The van der Waals surface area contributed by atoms with Crippen LogP contribution in [0.2, 0.25) is 0 Å². The number of nitrogens with one attached hydrogen (secondary N) is 2. The number of piperidine rings is 1. The Morgan fingerprint density at radius 3 is 3.00 bits per heavy atom. The van der Waals surface area contributed by atoms with Crippen LogP contribution in [-0.4, -0.2) is 47.5 Å². The monoisotopic (exact) mass is 356 g/mol. The van der Waals surface area contributed by atoms with Crippen LogP contribution < -0.4 is 10.6 Å². The van der Waals surface area contributed by atoms with E-state index >= 15 is 0 Å². The van der Waals surface area contributed by atoms with Gasteiger partial charge in [0.25, 0.3) is 5.91 Å². The van der Waals surface area contributed by atoms with Crippen molar-refractivity contribution in [3.05, 3.63) is 18.0 Å².